The molecular formula is C28H33N7O. The number of benzene rings is 1. The van der Waals surface area contributed by atoms with Crippen LogP contribution in [0, 0.1) is 23.2 Å². The van der Waals surface area contributed by atoms with Crippen LogP contribution >= 0.6 is 0 Å². The van der Waals surface area contributed by atoms with Crippen molar-refractivity contribution in [1.82, 2.24) is 25.5 Å². The Morgan fingerprint density at radius 1 is 1.03 bits per heavy atom. The van der Waals surface area contributed by atoms with Crippen molar-refractivity contribution in [2.75, 3.05) is 36.8 Å². The maximum absolute atomic E-state index is 10.3. The second-order valence-corrected chi connectivity index (χ2v) is 11.4. The zero-order valence-electron chi connectivity index (χ0n) is 20.5. The molecule has 2 atom stereocenters. The minimum absolute atomic E-state index is 0.204. The van der Waals surface area contributed by atoms with Gasteiger partial charge in [0.15, 0.2) is 5.82 Å². The van der Waals surface area contributed by atoms with E-state index >= 15 is 0 Å². The monoisotopic (exact) mass is 483 g/mol. The Morgan fingerprint density at radius 3 is 2.47 bits per heavy atom. The van der Waals surface area contributed by atoms with Gasteiger partial charge in [-0.25, -0.2) is 9.97 Å². The molecule has 2 aliphatic carbocycles. The summed E-state index contributed by atoms with van der Waals surface area (Å²) in [5.74, 6) is 4.39. The van der Waals surface area contributed by atoms with Crippen LogP contribution in [0.15, 0.2) is 42.7 Å². The number of anilines is 2. The summed E-state index contributed by atoms with van der Waals surface area (Å²) in [6.07, 6.45) is 10.0. The highest BCUT2D eigenvalue weighted by atomic mass is 16.3. The lowest BCUT2D eigenvalue weighted by Crippen LogP contribution is -2.69. The van der Waals surface area contributed by atoms with Crippen molar-refractivity contribution < 1.29 is 5.11 Å². The molecular weight excluding hydrogens is 450 g/mol. The molecule has 0 amide bonds. The highest BCUT2D eigenvalue weighted by molar-refractivity contribution is 5.74. The van der Waals surface area contributed by atoms with Gasteiger partial charge in [0, 0.05) is 37.5 Å². The molecule has 4 fully saturated rings. The van der Waals surface area contributed by atoms with Crippen LogP contribution in [0.25, 0.3) is 11.3 Å². The van der Waals surface area contributed by atoms with Crippen molar-refractivity contribution in [3.8, 4) is 17.0 Å². The molecule has 4 heterocycles. The van der Waals surface area contributed by atoms with Crippen molar-refractivity contribution in [2.45, 2.75) is 38.0 Å². The van der Waals surface area contributed by atoms with E-state index in [1.807, 2.05) is 24.3 Å². The Hall–Kier alpha value is -3.26. The molecule has 7 rings (SSSR count). The first kappa shape index (κ1) is 22.0. The number of nitrogens with zero attached hydrogens (tertiary/aromatic N) is 5. The lowest BCUT2D eigenvalue weighted by molar-refractivity contribution is -0.192. The molecule has 2 saturated heterocycles. The molecule has 4 N–H and O–H groups in total. The molecule has 2 saturated carbocycles. The molecule has 3 aromatic rings. The molecule has 36 heavy (non-hydrogen) atoms. The van der Waals surface area contributed by atoms with E-state index in [9.17, 15) is 5.11 Å². The predicted molar refractivity (Wildman–Crippen MR) is 138 cm³/mol. The van der Waals surface area contributed by atoms with Crippen LogP contribution < -0.4 is 16.0 Å². The molecule has 8 nitrogen and oxygen atoms in total. The number of aromatic hydroxyl groups is 1. The summed E-state index contributed by atoms with van der Waals surface area (Å²) in [5.41, 5.74) is 10.2. The van der Waals surface area contributed by atoms with E-state index in [0.29, 0.717) is 40.2 Å². The van der Waals surface area contributed by atoms with Gasteiger partial charge in [-0.05, 0) is 91.6 Å². The quantitative estimate of drug-likeness (QED) is 0.506. The molecule has 2 aliphatic heterocycles. The summed E-state index contributed by atoms with van der Waals surface area (Å²) in [5, 5.41) is 22.2. The number of para-hydroxylation sites is 1. The van der Waals surface area contributed by atoms with Crippen LogP contribution in [0.2, 0.25) is 0 Å². The van der Waals surface area contributed by atoms with E-state index < -0.39 is 0 Å². The Labute approximate surface area is 211 Å². The van der Waals surface area contributed by atoms with Crippen molar-refractivity contribution in [1.29, 1.82) is 0 Å². The van der Waals surface area contributed by atoms with Gasteiger partial charge in [-0.1, -0.05) is 12.1 Å². The maximum Gasteiger partial charge on any atom is 0.169 e. The highest BCUT2D eigenvalue weighted by Gasteiger charge is 2.66. The lowest BCUT2D eigenvalue weighted by atomic mass is 9.36. The van der Waals surface area contributed by atoms with Gasteiger partial charge < -0.3 is 21.1 Å². The van der Waals surface area contributed by atoms with Gasteiger partial charge in [0.2, 0.25) is 0 Å². The van der Waals surface area contributed by atoms with Gasteiger partial charge in [0.1, 0.15) is 11.6 Å². The third kappa shape index (κ3) is 3.53. The predicted octanol–water partition coefficient (Wildman–Crippen LogP) is 3.39. The molecule has 1 aromatic carbocycles. The summed E-state index contributed by atoms with van der Waals surface area (Å²) in [6.45, 7) is 4.17. The van der Waals surface area contributed by atoms with Gasteiger partial charge in [-0.3, -0.25) is 0 Å². The number of rotatable bonds is 5. The molecule has 0 radical (unpaired) electrons. The summed E-state index contributed by atoms with van der Waals surface area (Å²) < 4.78 is 0. The number of phenols is 1. The highest BCUT2D eigenvalue weighted by Crippen LogP contribution is 2.70. The topological polar surface area (TPSA) is 113 Å². The number of hydrogen-bond acceptors (Lipinski definition) is 8. The standard InChI is InChI=1S/C28H33N7O/c29-27-23(9-22(33-34-27)21-3-1-2-4-24(21)36)35-15-18-10-28(11-19(16-35)26(18)28)12-25-31-13-20(14-32-25)17-5-7-30-8-6-17/h1-4,9,13-14,17-19,26,30,36H,5-8,10-12,15-16H2,(H2,29,34). The van der Waals surface area contributed by atoms with Gasteiger partial charge in [0.25, 0.3) is 0 Å². The summed E-state index contributed by atoms with van der Waals surface area (Å²) >= 11 is 0. The van der Waals surface area contributed by atoms with Gasteiger partial charge in [0.05, 0.1) is 11.4 Å². The molecule has 186 valence electrons. The summed E-state index contributed by atoms with van der Waals surface area (Å²) in [4.78, 5) is 12.0. The fraction of sp³-hybridized carbons (Fsp3) is 0.500. The van der Waals surface area contributed by atoms with Crippen molar-refractivity contribution >= 4 is 11.5 Å². The minimum Gasteiger partial charge on any atom is -0.507 e. The second-order valence-electron chi connectivity index (χ2n) is 11.4. The third-order valence-corrected chi connectivity index (χ3v) is 9.34. The molecule has 2 aromatic heterocycles. The van der Waals surface area contributed by atoms with E-state index in [1.165, 1.54) is 31.2 Å². The van der Waals surface area contributed by atoms with Gasteiger partial charge in [-0.15, -0.1) is 10.2 Å². The fourth-order valence-electron chi connectivity index (χ4n) is 7.78. The van der Waals surface area contributed by atoms with E-state index in [4.69, 9.17) is 15.7 Å². The number of nitrogens with one attached hydrogen (secondary N) is 1. The van der Waals surface area contributed by atoms with Crippen molar-refractivity contribution in [2.24, 2.45) is 23.2 Å². The zero-order valence-corrected chi connectivity index (χ0v) is 20.5. The zero-order chi connectivity index (χ0) is 24.3. The fourth-order valence-corrected chi connectivity index (χ4v) is 7.78. The van der Waals surface area contributed by atoms with Crippen molar-refractivity contribution in [3.63, 3.8) is 0 Å². The maximum atomic E-state index is 10.3. The average molecular weight is 484 g/mol. The number of hydrogen-bond donors (Lipinski definition) is 3. The van der Waals surface area contributed by atoms with Crippen LogP contribution in [0.1, 0.15) is 43.0 Å². The molecule has 8 heteroatoms. The Bertz CT molecular complexity index is 1260. The van der Waals surface area contributed by atoms with E-state index in [-0.39, 0.29) is 5.75 Å². The number of phenolic OH excluding ortho intramolecular Hbond substituents is 1. The minimum atomic E-state index is 0.204. The van der Waals surface area contributed by atoms with E-state index in [0.717, 1.165) is 50.0 Å². The molecule has 0 spiro atoms. The van der Waals surface area contributed by atoms with Crippen molar-refractivity contribution in [3.05, 3.63) is 54.1 Å². The second kappa shape index (κ2) is 8.40. The first-order valence-corrected chi connectivity index (χ1v) is 13.3. The van der Waals surface area contributed by atoms with E-state index in [2.05, 4.69) is 32.8 Å². The third-order valence-electron chi connectivity index (χ3n) is 9.34. The Morgan fingerprint density at radius 2 is 1.75 bits per heavy atom. The Kier molecular flexibility index (Phi) is 5.13. The first-order chi connectivity index (χ1) is 17.6. The van der Waals surface area contributed by atoms with Crippen LogP contribution in [0.5, 0.6) is 5.75 Å². The normalized spacial score (nSPS) is 29.2. The van der Waals surface area contributed by atoms with Crippen LogP contribution in [0.4, 0.5) is 11.5 Å². The molecule has 2 unspecified atom stereocenters. The number of aromatic nitrogens is 4. The van der Waals surface area contributed by atoms with Gasteiger partial charge >= 0.3 is 0 Å². The SMILES string of the molecule is Nc1nnc(-c2ccccc2O)cc1N1CC2CC3(Cc4ncc(C5CCNCC5)cn4)CC(C1)C23. The van der Waals surface area contributed by atoms with Crippen LogP contribution in [-0.4, -0.2) is 51.5 Å². The molecule has 0 bridgehead atoms. The van der Waals surface area contributed by atoms with Gasteiger partial charge in [-0.2, -0.15) is 0 Å². The Balaban J connectivity index is 1.04. The van der Waals surface area contributed by atoms with E-state index in [1.54, 1.807) is 6.07 Å². The van der Waals surface area contributed by atoms with Crippen LogP contribution in [-0.2, 0) is 6.42 Å². The largest absolute Gasteiger partial charge is 0.507 e. The number of nitrogen functional groups attached to an aromatic ring is 1. The average Bonchev–Trinajstić information content (AvgIpc) is 2.88. The summed E-state index contributed by atoms with van der Waals surface area (Å²) in [7, 11) is 0. The summed E-state index contributed by atoms with van der Waals surface area (Å²) in [6, 6.07) is 9.22. The first-order valence-electron chi connectivity index (χ1n) is 13.3. The number of piperidine rings is 2. The van der Waals surface area contributed by atoms with Crippen LogP contribution in [0.3, 0.4) is 0 Å². The molecule has 4 aliphatic rings. The smallest absolute Gasteiger partial charge is 0.169 e. The number of nitrogens with two attached hydrogens (primary N) is 1. The lowest BCUT2D eigenvalue weighted by Gasteiger charge is -2.71.